The van der Waals surface area contributed by atoms with Crippen molar-refractivity contribution in [1.82, 2.24) is 24.5 Å². The predicted octanol–water partition coefficient (Wildman–Crippen LogP) is 9.52. The van der Waals surface area contributed by atoms with Gasteiger partial charge in [0.1, 0.15) is 28.6 Å². The molecule has 2 aromatic heterocycles. The van der Waals surface area contributed by atoms with Crippen molar-refractivity contribution in [2.24, 2.45) is 11.3 Å². The molecule has 4 aromatic carbocycles. The van der Waals surface area contributed by atoms with Crippen molar-refractivity contribution in [3.8, 4) is 17.2 Å². The number of nitrogens with one attached hydrogen (secondary N) is 3. The van der Waals surface area contributed by atoms with E-state index in [1.54, 1.807) is 29.3 Å². The molecule has 0 bridgehead atoms. The minimum Gasteiger partial charge on any atom is -0.482 e. The SMILES string of the molecule is CC(C)c1ccccc1C1CN(Cc2cccc3c2N(C)C(=O)CO3)CCN1C1CC2(CCN(c3ccc(C(=O)NS(=O)(=O)c4ccc(NCC5CCC(C)(O)CC5)c([N+](=O)[O-])c4)c(Oc4cnc5[nH]ccc5c4)c3)CC2)C1. The predicted molar refractivity (Wildman–Crippen MR) is 299 cm³/mol. The van der Waals surface area contributed by atoms with E-state index in [2.05, 4.69) is 78.9 Å². The average Bonchev–Trinajstić information content (AvgIpc) is 4.05. The van der Waals surface area contributed by atoms with Crippen LogP contribution in [-0.4, -0.2) is 115 Å². The second-order valence-corrected chi connectivity index (χ2v) is 24.6. The number of piperazine rings is 1. The number of carbonyl (C=O) groups is 2. The van der Waals surface area contributed by atoms with Gasteiger partial charge in [-0.3, -0.25) is 29.5 Å². The van der Waals surface area contributed by atoms with Gasteiger partial charge in [0.2, 0.25) is 0 Å². The van der Waals surface area contributed by atoms with E-state index < -0.39 is 37.0 Å². The second kappa shape index (κ2) is 21.3. The van der Waals surface area contributed by atoms with Gasteiger partial charge in [0.15, 0.2) is 6.61 Å². The van der Waals surface area contributed by atoms with Crippen LogP contribution in [0.5, 0.6) is 17.2 Å². The summed E-state index contributed by atoms with van der Waals surface area (Å²) in [6.07, 6.45) is 10.2. The van der Waals surface area contributed by atoms with E-state index in [0.717, 1.165) is 105 Å². The number of para-hydroxylation sites is 1. The molecular weight excluding hydrogens is 1010 g/mol. The number of carbonyl (C=O) groups excluding carboxylic acids is 2. The molecule has 1 atom stereocenters. The number of aromatic amines is 1. The quantitative estimate of drug-likeness (QED) is 0.0557. The van der Waals surface area contributed by atoms with Crippen LogP contribution in [0.15, 0.2) is 108 Å². The number of benzene rings is 4. The number of likely N-dealkylation sites (N-methyl/N-ethyl adjacent to an activating group) is 1. The Kier molecular flexibility index (Phi) is 14.5. The molecule has 0 radical (unpaired) electrons. The summed E-state index contributed by atoms with van der Waals surface area (Å²) in [5.74, 6) is 0.773. The third-order valence-electron chi connectivity index (χ3n) is 17.3. The number of nitro benzene ring substituents is 1. The van der Waals surface area contributed by atoms with E-state index in [1.165, 1.54) is 29.5 Å². The Morgan fingerprint density at radius 2 is 1.76 bits per heavy atom. The Bertz CT molecular complexity index is 3360. The third kappa shape index (κ3) is 10.9. The Morgan fingerprint density at radius 1 is 0.974 bits per heavy atom. The highest BCUT2D eigenvalue weighted by Crippen LogP contribution is 2.54. The Labute approximate surface area is 455 Å². The summed E-state index contributed by atoms with van der Waals surface area (Å²) in [7, 11) is -2.77. The molecule has 410 valence electrons. The highest BCUT2D eigenvalue weighted by Gasteiger charge is 2.50. The number of hydrogen-bond acceptors (Lipinski definition) is 14. The number of anilines is 3. The number of amides is 2. The van der Waals surface area contributed by atoms with Crippen LogP contribution in [0.3, 0.4) is 0 Å². The maximum Gasteiger partial charge on any atom is 0.293 e. The number of fused-ring (bicyclic) bond motifs is 2. The van der Waals surface area contributed by atoms with E-state index in [9.17, 15) is 33.2 Å². The van der Waals surface area contributed by atoms with Gasteiger partial charge >= 0.3 is 0 Å². The lowest BCUT2D eigenvalue weighted by atomic mass is 9.59. The molecule has 1 unspecified atom stereocenters. The van der Waals surface area contributed by atoms with Gasteiger partial charge in [-0.15, -0.1) is 0 Å². The van der Waals surface area contributed by atoms with E-state index in [-0.39, 0.29) is 46.9 Å². The van der Waals surface area contributed by atoms with Crippen molar-refractivity contribution >= 4 is 55.6 Å². The minimum absolute atomic E-state index is 0.0423. The molecule has 5 heterocycles. The lowest BCUT2D eigenvalue weighted by Crippen LogP contribution is -2.60. The molecule has 11 rings (SSSR count). The zero-order valence-corrected chi connectivity index (χ0v) is 45.6. The molecule has 18 nitrogen and oxygen atoms in total. The van der Waals surface area contributed by atoms with Crippen LogP contribution in [0.4, 0.5) is 22.7 Å². The number of hydrogen-bond donors (Lipinski definition) is 4. The van der Waals surface area contributed by atoms with Crippen LogP contribution in [0.25, 0.3) is 11.0 Å². The fourth-order valence-electron chi connectivity index (χ4n) is 12.7. The number of H-pyrrole nitrogens is 1. The molecule has 2 aliphatic carbocycles. The third-order valence-corrected chi connectivity index (χ3v) is 18.6. The number of piperidine rings is 1. The minimum atomic E-state index is -4.60. The van der Waals surface area contributed by atoms with Gasteiger partial charge in [0.05, 0.1) is 32.9 Å². The van der Waals surface area contributed by atoms with Gasteiger partial charge in [-0.25, -0.2) is 18.1 Å². The second-order valence-electron chi connectivity index (χ2n) is 22.9. The highest BCUT2D eigenvalue weighted by molar-refractivity contribution is 7.90. The van der Waals surface area contributed by atoms with E-state index in [4.69, 9.17) is 9.47 Å². The fourth-order valence-corrected chi connectivity index (χ4v) is 13.7. The van der Waals surface area contributed by atoms with E-state index in [0.29, 0.717) is 49.3 Å². The molecule has 1 spiro atoms. The van der Waals surface area contributed by atoms with Crippen molar-refractivity contribution in [2.75, 3.05) is 68.0 Å². The molecule has 19 heteroatoms. The van der Waals surface area contributed by atoms with E-state index in [1.807, 2.05) is 38.2 Å². The number of sulfonamides is 1. The lowest BCUT2D eigenvalue weighted by molar-refractivity contribution is -0.384. The van der Waals surface area contributed by atoms with Crippen LogP contribution in [0.1, 0.15) is 111 Å². The molecule has 2 saturated heterocycles. The summed E-state index contributed by atoms with van der Waals surface area (Å²) in [5, 5.41) is 26.5. The van der Waals surface area contributed by atoms with Gasteiger partial charge < -0.3 is 34.7 Å². The average molecular weight is 1080 g/mol. The topological polar surface area (TPSA) is 216 Å². The summed E-state index contributed by atoms with van der Waals surface area (Å²) < 4.78 is 42.2. The van der Waals surface area contributed by atoms with Gasteiger partial charge in [-0.1, -0.05) is 50.2 Å². The first-order chi connectivity index (χ1) is 37.4. The number of rotatable bonds is 15. The number of nitrogens with zero attached hydrogens (tertiary/aromatic N) is 6. The maximum absolute atomic E-state index is 14.2. The van der Waals surface area contributed by atoms with Crippen LogP contribution in [0.2, 0.25) is 0 Å². The zero-order valence-electron chi connectivity index (χ0n) is 44.7. The summed E-state index contributed by atoms with van der Waals surface area (Å²) >= 11 is 0. The highest BCUT2D eigenvalue weighted by atomic mass is 32.2. The molecule has 4 fully saturated rings. The summed E-state index contributed by atoms with van der Waals surface area (Å²) in [4.78, 5) is 54.9. The Morgan fingerprint density at radius 3 is 2.53 bits per heavy atom. The van der Waals surface area contributed by atoms with Gasteiger partial charge in [0.25, 0.3) is 27.5 Å². The molecular formula is C59H69N9O9S. The maximum atomic E-state index is 14.2. The fraction of sp³-hybridized carbons (Fsp3) is 0.441. The first kappa shape index (κ1) is 53.0. The molecule has 3 aliphatic heterocycles. The smallest absolute Gasteiger partial charge is 0.293 e. The van der Waals surface area contributed by atoms with Crippen molar-refractivity contribution in [3.05, 3.63) is 136 Å². The normalized spacial score (nSPS) is 22.0. The zero-order chi connectivity index (χ0) is 54.5. The molecule has 5 aliphatic rings. The standard InChI is InChI=1S/C59H69N9O9S/c1-38(2)46-9-5-6-10-47(46)51-36-65(35-41-8-7-11-52-55(41)64(4)54(69)37-76-52)26-27-67(51)43-31-59(32-43)21-24-66(25-22-59)42-12-14-48(53(29-42)77-44-28-40-18-23-60-56(40)62-34-44)57(70)63-78(74,75)45-13-15-49(50(30-45)68(72)73)61-33-39-16-19-58(3,71)20-17-39/h5-15,18,23,28-30,34,38-39,43,51,61,71H,16-17,19-22,24-27,31-33,35-37H2,1-4H3,(H,60,62)(H,63,70). The summed E-state index contributed by atoms with van der Waals surface area (Å²) in [6, 6.07) is 27.9. The van der Waals surface area contributed by atoms with Gasteiger partial charge in [0, 0.05) is 94.3 Å². The van der Waals surface area contributed by atoms with Crippen LogP contribution < -0.4 is 29.3 Å². The molecule has 78 heavy (non-hydrogen) atoms. The van der Waals surface area contributed by atoms with Crippen molar-refractivity contribution in [3.63, 3.8) is 0 Å². The van der Waals surface area contributed by atoms with Gasteiger partial charge in [-0.2, -0.15) is 0 Å². The van der Waals surface area contributed by atoms with Crippen molar-refractivity contribution in [1.29, 1.82) is 0 Å². The number of aromatic nitrogens is 2. The molecule has 4 N–H and O–H groups in total. The first-order valence-electron chi connectivity index (χ1n) is 27.3. The summed E-state index contributed by atoms with van der Waals surface area (Å²) in [5.41, 5.74) is 5.33. The molecule has 2 amide bonds. The van der Waals surface area contributed by atoms with Crippen molar-refractivity contribution in [2.45, 2.75) is 107 Å². The first-order valence-corrected chi connectivity index (χ1v) is 28.8. The Balaban J connectivity index is 0.782. The largest absolute Gasteiger partial charge is 0.482 e. The Hall–Kier alpha value is -7.06. The number of pyridine rings is 1. The van der Waals surface area contributed by atoms with Crippen molar-refractivity contribution < 1.29 is 37.5 Å². The van der Waals surface area contributed by atoms with Crippen LogP contribution in [-0.2, 0) is 21.4 Å². The van der Waals surface area contributed by atoms with Crippen LogP contribution in [0, 0.1) is 21.4 Å². The van der Waals surface area contributed by atoms with Gasteiger partial charge in [-0.05, 0) is 135 Å². The van der Waals surface area contributed by atoms with E-state index >= 15 is 0 Å². The number of ether oxygens (including phenoxy) is 2. The number of aliphatic hydroxyl groups is 1. The summed E-state index contributed by atoms with van der Waals surface area (Å²) in [6.45, 7) is 11.8. The molecule has 2 saturated carbocycles. The molecule has 6 aromatic rings. The lowest BCUT2D eigenvalue weighted by Gasteiger charge is -2.58. The number of nitro groups is 1. The van der Waals surface area contributed by atoms with Crippen LogP contribution >= 0.6 is 0 Å². The monoisotopic (exact) mass is 1080 g/mol.